The highest BCUT2D eigenvalue weighted by Crippen LogP contribution is 2.08. The summed E-state index contributed by atoms with van der Waals surface area (Å²) in [5, 5.41) is 7.33. The summed E-state index contributed by atoms with van der Waals surface area (Å²) in [5.41, 5.74) is 4.48. The lowest BCUT2D eigenvalue weighted by Crippen LogP contribution is -2.54. The van der Waals surface area contributed by atoms with E-state index < -0.39 is 29.4 Å². The monoisotopic (exact) mass is 244 g/mol. The lowest BCUT2D eigenvalue weighted by Gasteiger charge is -2.28. The predicted molar refractivity (Wildman–Crippen MR) is 63.1 cm³/mol. The van der Waals surface area contributed by atoms with Gasteiger partial charge in [-0.15, -0.1) is 0 Å². The molecule has 0 saturated carbocycles. The number of carbonyl (C=O) groups excluding carboxylic acids is 3. The van der Waals surface area contributed by atoms with Crippen molar-refractivity contribution in [1.29, 1.82) is 0 Å². The van der Waals surface area contributed by atoms with Gasteiger partial charge in [0.05, 0.1) is 6.04 Å². The van der Waals surface area contributed by atoms with Gasteiger partial charge in [-0.1, -0.05) is 0 Å². The summed E-state index contributed by atoms with van der Waals surface area (Å²) in [4.78, 5) is 33.3. The second-order valence-corrected chi connectivity index (χ2v) is 4.46. The van der Waals surface area contributed by atoms with Crippen molar-refractivity contribution in [3.63, 3.8) is 0 Å². The molecule has 98 valence electrons. The van der Waals surface area contributed by atoms with Gasteiger partial charge in [-0.2, -0.15) is 0 Å². The first-order chi connectivity index (χ1) is 7.68. The van der Waals surface area contributed by atoms with Crippen LogP contribution < -0.4 is 21.7 Å². The highest BCUT2D eigenvalue weighted by Gasteiger charge is 2.26. The van der Waals surface area contributed by atoms with Gasteiger partial charge in [-0.25, -0.2) is 4.79 Å². The first-order valence-corrected chi connectivity index (χ1v) is 5.26. The minimum Gasteiger partial charge on any atom is -0.370 e. The first kappa shape index (κ1) is 15.4. The van der Waals surface area contributed by atoms with Crippen LogP contribution in [0.1, 0.15) is 27.2 Å². The second-order valence-electron chi connectivity index (χ2n) is 4.46. The Labute approximate surface area is 100 Å². The van der Waals surface area contributed by atoms with Crippen molar-refractivity contribution >= 4 is 17.8 Å². The Bertz CT molecular complexity index is 315. The number of rotatable bonds is 5. The Morgan fingerprint density at radius 2 is 1.82 bits per heavy atom. The van der Waals surface area contributed by atoms with Gasteiger partial charge in [0.25, 0.3) is 0 Å². The molecule has 4 amide bonds. The van der Waals surface area contributed by atoms with Gasteiger partial charge in [0, 0.05) is 19.0 Å². The molecule has 0 aliphatic heterocycles. The van der Waals surface area contributed by atoms with E-state index in [0.717, 1.165) is 0 Å². The maximum absolute atomic E-state index is 11.5. The molecule has 0 aromatic heterocycles. The Kier molecular flexibility index (Phi) is 5.60. The zero-order valence-corrected chi connectivity index (χ0v) is 10.6. The van der Waals surface area contributed by atoms with Crippen molar-refractivity contribution in [2.45, 2.75) is 38.8 Å². The van der Waals surface area contributed by atoms with Crippen molar-refractivity contribution in [2.75, 3.05) is 7.05 Å². The molecule has 0 saturated heterocycles. The maximum Gasteiger partial charge on any atom is 0.321 e. The van der Waals surface area contributed by atoms with E-state index in [-0.39, 0.29) is 6.42 Å². The highest BCUT2D eigenvalue weighted by molar-refractivity contribution is 5.96. The normalized spacial score (nSPS) is 12.7. The molecule has 17 heavy (non-hydrogen) atoms. The fourth-order valence-corrected chi connectivity index (χ4v) is 1.42. The Morgan fingerprint density at radius 1 is 1.29 bits per heavy atom. The summed E-state index contributed by atoms with van der Waals surface area (Å²) in [6.45, 7) is 5.10. The smallest absolute Gasteiger partial charge is 0.321 e. The van der Waals surface area contributed by atoms with Crippen LogP contribution in [0.15, 0.2) is 0 Å². The van der Waals surface area contributed by atoms with Crippen molar-refractivity contribution in [3.05, 3.63) is 0 Å². The van der Waals surface area contributed by atoms with Gasteiger partial charge in [0.1, 0.15) is 0 Å². The molecule has 0 aliphatic carbocycles. The maximum atomic E-state index is 11.5. The number of nitrogens with two attached hydrogens (primary N) is 1. The van der Waals surface area contributed by atoms with Crippen LogP contribution in [0.5, 0.6) is 0 Å². The zero-order valence-electron chi connectivity index (χ0n) is 10.6. The van der Waals surface area contributed by atoms with Crippen molar-refractivity contribution in [1.82, 2.24) is 16.0 Å². The third-order valence-corrected chi connectivity index (χ3v) is 2.08. The third-order valence-electron chi connectivity index (χ3n) is 2.08. The average molecular weight is 244 g/mol. The molecule has 0 rings (SSSR count). The number of carbonyl (C=O) groups is 3. The number of hydrogen-bond donors (Lipinski definition) is 4. The molecule has 0 aliphatic rings. The molecule has 0 spiro atoms. The van der Waals surface area contributed by atoms with E-state index in [1.54, 1.807) is 20.8 Å². The molecular weight excluding hydrogens is 224 g/mol. The molecule has 7 nitrogen and oxygen atoms in total. The summed E-state index contributed by atoms with van der Waals surface area (Å²) in [6.07, 6.45) is 0.102. The summed E-state index contributed by atoms with van der Waals surface area (Å²) < 4.78 is 0. The van der Waals surface area contributed by atoms with Crippen LogP contribution in [-0.2, 0) is 9.59 Å². The van der Waals surface area contributed by atoms with Crippen molar-refractivity contribution < 1.29 is 14.4 Å². The van der Waals surface area contributed by atoms with Crippen LogP contribution in [-0.4, -0.2) is 36.5 Å². The third kappa shape index (κ3) is 6.52. The first-order valence-electron chi connectivity index (χ1n) is 5.26. The van der Waals surface area contributed by atoms with Gasteiger partial charge in [-0.3, -0.25) is 14.9 Å². The van der Waals surface area contributed by atoms with E-state index in [0.29, 0.717) is 0 Å². The number of amides is 4. The molecular formula is C10H20N4O3. The van der Waals surface area contributed by atoms with E-state index in [2.05, 4.69) is 16.0 Å². The molecule has 0 fully saturated rings. The van der Waals surface area contributed by atoms with E-state index in [9.17, 15) is 14.4 Å². The average Bonchev–Trinajstić information content (AvgIpc) is 2.14. The van der Waals surface area contributed by atoms with Crippen molar-refractivity contribution in [2.24, 2.45) is 5.73 Å². The number of nitrogens with one attached hydrogen (secondary N) is 3. The lowest BCUT2D eigenvalue weighted by molar-refractivity contribution is -0.123. The van der Waals surface area contributed by atoms with Crippen LogP contribution >= 0.6 is 0 Å². The number of primary amides is 1. The Balaban J connectivity index is 4.33. The molecule has 0 aromatic carbocycles. The van der Waals surface area contributed by atoms with E-state index >= 15 is 0 Å². The largest absolute Gasteiger partial charge is 0.370 e. The molecule has 1 atom stereocenters. The molecule has 0 radical (unpaired) electrons. The van der Waals surface area contributed by atoms with Crippen LogP contribution in [0.25, 0.3) is 0 Å². The molecule has 7 heteroatoms. The minimum absolute atomic E-state index is 0.102. The van der Waals surface area contributed by atoms with Crippen LogP contribution in [0, 0.1) is 0 Å². The highest BCUT2D eigenvalue weighted by atomic mass is 16.2. The minimum atomic E-state index is -0.610. The van der Waals surface area contributed by atoms with Gasteiger partial charge in [0.15, 0.2) is 0 Å². The molecule has 5 N–H and O–H groups in total. The number of urea groups is 1. The Hall–Kier alpha value is -1.63. The van der Waals surface area contributed by atoms with Crippen molar-refractivity contribution in [3.8, 4) is 0 Å². The summed E-state index contributed by atoms with van der Waals surface area (Å²) in [7, 11) is 1.41. The zero-order chi connectivity index (χ0) is 13.6. The lowest BCUT2D eigenvalue weighted by atomic mass is 9.99. The van der Waals surface area contributed by atoms with Crippen LogP contribution in [0.2, 0.25) is 0 Å². The fraction of sp³-hybridized carbons (Fsp3) is 0.700. The molecule has 0 bridgehead atoms. The predicted octanol–water partition coefficient (Wildman–Crippen LogP) is -0.926. The molecule has 0 aromatic rings. The second kappa shape index (κ2) is 6.19. The SMILES string of the molecule is CNC(=O)NC(=O)C(C)NC(C)(C)CC(N)=O. The topological polar surface area (TPSA) is 113 Å². The summed E-state index contributed by atoms with van der Waals surface area (Å²) in [6, 6.07) is -1.18. The Morgan fingerprint density at radius 3 is 2.24 bits per heavy atom. The van der Waals surface area contributed by atoms with Gasteiger partial charge in [0.2, 0.25) is 11.8 Å². The van der Waals surface area contributed by atoms with Crippen LogP contribution in [0.3, 0.4) is 0 Å². The van der Waals surface area contributed by atoms with E-state index in [1.165, 1.54) is 7.05 Å². The van der Waals surface area contributed by atoms with E-state index in [4.69, 9.17) is 5.73 Å². The summed E-state index contributed by atoms with van der Waals surface area (Å²) >= 11 is 0. The van der Waals surface area contributed by atoms with Gasteiger partial charge in [-0.05, 0) is 20.8 Å². The molecule has 1 unspecified atom stereocenters. The standard InChI is InChI=1S/C10H20N4O3/c1-6(8(16)13-9(17)12-4)14-10(2,3)5-7(11)15/h6,14H,5H2,1-4H3,(H2,11,15)(H2,12,13,16,17). The van der Waals surface area contributed by atoms with E-state index in [1.807, 2.05) is 0 Å². The number of imide groups is 1. The summed E-state index contributed by atoms with van der Waals surface area (Å²) in [5.74, 6) is -0.927. The van der Waals surface area contributed by atoms with Crippen LogP contribution in [0.4, 0.5) is 4.79 Å². The van der Waals surface area contributed by atoms with Gasteiger partial charge < -0.3 is 16.4 Å². The molecule has 0 heterocycles. The quantitative estimate of drug-likeness (QED) is 0.500. The number of hydrogen-bond acceptors (Lipinski definition) is 4. The van der Waals surface area contributed by atoms with Gasteiger partial charge >= 0.3 is 6.03 Å². The fourth-order valence-electron chi connectivity index (χ4n) is 1.42.